The molecule has 2 rings (SSSR count). The van der Waals surface area contributed by atoms with Crippen molar-refractivity contribution >= 4 is 18.3 Å². The fourth-order valence-electron chi connectivity index (χ4n) is 2.32. The highest BCUT2D eigenvalue weighted by Crippen LogP contribution is 2.15. The van der Waals surface area contributed by atoms with E-state index in [1.807, 2.05) is 13.8 Å². The zero-order valence-electron chi connectivity index (χ0n) is 11.5. The van der Waals surface area contributed by atoms with Crippen LogP contribution in [-0.4, -0.2) is 36.0 Å². The predicted molar refractivity (Wildman–Crippen MR) is 75.9 cm³/mol. The standard InChI is InChI=1S/C14H18F2N2O.ClH/c1-9-8-18(10(2)7-17-9)13(19)6-11-4-3-5-12(15)14(11)16;/h3-5,9-10,17H,6-8H2,1-2H3;1H. The first-order valence-electron chi connectivity index (χ1n) is 6.44. The SMILES string of the molecule is CC1CN(C(=O)Cc2cccc(F)c2F)C(C)CN1.Cl. The third kappa shape index (κ3) is 3.67. The van der Waals surface area contributed by atoms with Crippen LogP contribution in [0.4, 0.5) is 8.78 Å². The van der Waals surface area contributed by atoms with Gasteiger partial charge in [0, 0.05) is 30.7 Å². The Bertz CT molecular complexity index is 484. The molecule has 0 aliphatic carbocycles. The van der Waals surface area contributed by atoms with Crippen LogP contribution < -0.4 is 5.32 Å². The Labute approximate surface area is 123 Å². The number of halogens is 3. The van der Waals surface area contributed by atoms with Gasteiger partial charge in [-0.15, -0.1) is 12.4 Å². The number of carbonyl (C=O) groups excluding carboxylic acids is 1. The molecule has 0 spiro atoms. The largest absolute Gasteiger partial charge is 0.337 e. The van der Waals surface area contributed by atoms with Crippen LogP contribution in [0.15, 0.2) is 18.2 Å². The third-order valence-corrected chi connectivity index (χ3v) is 3.46. The molecule has 3 nitrogen and oxygen atoms in total. The lowest BCUT2D eigenvalue weighted by Gasteiger charge is -2.37. The van der Waals surface area contributed by atoms with Gasteiger partial charge in [0.2, 0.25) is 5.91 Å². The zero-order valence-corrected chi connectivity index (χ0v) is 12.3. The summed E-state index contributed by atoms with van der Waals surface area (Å²) in [5.74, 6) is -2.00. The van der Waals surface area contributed by atoms with Gasteiger partial charge in [0.05, 0.1) is 6.42 Å². The topological polar surface area (TPSA) is 32.3 Å². The highest BCUT2D eigenvalue weighted by molar-refractivity contribution is 5.85. The van der Waals surface area contributed by atoms with Gasteiger partial charge in [-0.05, 0) is 19.9 Å². The molecule has 1 aliphatic heterocycles. The molecular weight excluding hydrogens is 286 g/mol. The van der Waals surface area contributed by atoms with E-state index in [0.717, 1.165) is 12.6 Å². The van der Waals surface area contributed by atoms with Crippen LogP contribution in [0.1, 0.15) is 19.4 Å². The van der Waals surface area contributed by atoms with Crippen LogP contribution in [0.5, 0.6) is 0 Å². The van der Waals surface area contributed by atoms with Crippen molar-refractivity contribution in [1.29, 1.82) is 0 Å². The molecule has 1 amide bonds. The molecule has 0 bridgehead atoms. The van der Waals surface area contributed by atoms with Gasteiger partial charge < -0.3 is 10.2 Å². The number of amides is 1. The van der Waals surface area contributed by atoms with E-state index in [1.54, 1.807) is 4.90 Å². The molecule has 0 saturated carbocycles. The Morgan fingerprint density at radius 1 is 1.40 bits per heavy atom. The molecule has 1 N–H and O–H groups in total. The fraction of sp³-hybridized carbons (Fsp3) is 0.500. The summed E-state index contributed by atoms with van der Waals surface area (Å²) in [4.78, 5) is 13.9. The Balaban J connectivity index is 0.00000200. The number of benzene rings is 1. The summed E-state index contributed by atoms with van der Waals surface area (Å²) < 4.78 is 26.6. The van der Waals surface area contributed by atoms with Crippen molar-refractivity contribution in [3.05, 3.63) is 35.4 Å². The molecule has 1 aromatic rings. The van der Waals surface area contributed by atoms with Crippen LogP contribution in [-0.2, 0) is 11.2 Å². The number of nitrogens with zero attached hydrogens (tertiary/aromatic N) is 1. The second-order valence-electron chi connectivity index (χ2n) is 5.09. The van der Waals surface area contributed by atoms with Crippen LogP contribution in [0.25, 0.3) is 0 Å². The van der Waals surface area contributed by atoms with Crippen molar-refractivity contribution in [3.8, 4) is 0 Å². The van der Waals surface area contributed by atoms with Gasteiger partial charge in [0.1, 0.15) is 0 Å². The zero-order chi connectivity index (χ0) is 14.0. The van der Waals surface area contributed by atoms with Crippen molar-refractivity contribution in [2.24, 2.45) is 0 Å². The molecule has 20 heavy (non-hydrogen) atoms. The molecule has 2 unspecified atom stereocenters. The molecular formula is C14H19ClF2N2O. The first-order chi connectivity index (χ1) is 8.99. The molecule has 0 aromatic heterocycles. The van der Waals surface area contributed by atoms with Crippen molar-refractivity contribution in [1.82, 2.24) is 10.2 Å². The highest BCUT2D eigenvalue weighted by atomic mass is 35.5. The van der Waals surface area contributed by atoms with E-state index in [1.165, 1.54) is 12.1 Å². The number of carbonyl (C=O) groups is 1. The number of piperazine rings is 1. The molecule has 112 valence electrons. The van der Waals surface area contributed by atoms with Gasteiger partial charge in [-0.25, -0.2) is 8.78 Å². The maximum absolute atomic E-state index is 13.5. The van der Waals surface area contributed by atoms with Gasteiger partial charge in [0.15, 0.2) is 11.6 Å². The molecule has 1 heterocycles. The average molecular weight is 305 g/mol. The van der Waals surface area contributed by atoms with Gasteiger partial charge in [0.25, 0.3) is 0 Å². The second kappa shape index (κ2) is 6.99. The maximum atomic E-state index is 13.5. The normalized spacial score (nSPS) is 22.3. The average Bonchev–Trinajstić information content (AvgIpc) is 2.38. The van der Waals surface area contributed by atoms with Crippen molar-refractivity contribution in [3.63, 3.8) is 0 Å². The Kier molecular flexibility index (Phi) is 5.89. The van der Waals surface area contributed by atoms with Crippen LogP contribution in [0.2, 0.25) is 0 Å². The molecule has 1 saturated heterocycles. The number of nitrogens with one attached hydrogen (secondary N) is 1. The highest BCUT2D eigenvalue weighted by Gasteiger charge is 2.27. The van der Waals surface area contributed by atoms with E-state index in [-0.39, 0.29) is 42.4 Å². The summed E-state index contributed by atoms with van der Waals surface area (Å²) >= 11 is 0. The summed E-state index contributed by atoms with van der Waals surface area (Å²) in [5.41, 5.74) is 0.114. The summed E-state index contributed by atoms with van der Waals surface area (Å²) in [6, 6.07) is 4.22. The lowest BCUT2D eigenvalue weighted by molar-refractivity contribution is -0.133. The maximum Gasteiger partial charge on any atom is 0.227 e. The predicted octanol–water partition coefficient (Wildman–Crippen LogP) is 2.14. The minimum Gasteiger partial charge on any atom is -0.337 e. The number of hydrogen-bond donors (Lipinski definition) is 1. The first-order valence-corrected chi connectivity index (χ1v) is 6.44. The van der Waals surface area contributed by atoms with E-state index < -0.39 is 11.6 Å². The van der Waals surface area contributed by atoms with Crippen LogP contribution in [0, 0.1) is 11.6 Å². The Morgan fingerprint density at radius 2 is 2.10 bits per heavy atom. The third-order valence-electron chi connectivity index (χ3n) is 3.46. The molecule has 0 radical (unpaired) electrons. The molecule has 1 fully saturated rings. The van der Waals surface area contributed by atoms with Crippen molar-refractivity contribution < 1.29 is 13.6 Å². The summed E-state index contributed by atoms with van der Waals surface area (Å²) in [6.07, 6.45) is -0.0966. The van der Waals surface area contributed by atoms with Crippen LogP contribution in [0.3, 0.4) is 0 Å². The minimum absolute atomic E-state index is 0. The van der Waals surface area contributed by atoms with E-state index in [4.69, 9.17) is 0 Å². The monoisotopic (exact) mass is 304 g/mol. The summed E-state index contributed by atoms with van der Waals surface area (Å²) in [6.45, 7) is 5.25. The van der Waals surface area contributed by atoms with Gasteiger partial charge in [-0.2, -0.15) is 0 Å². The van der Waals surface area contributed by atoms with Crippen molar-refractivity contribution in [2.45, 2.75) is 32.4 Å². The number of rotatable bonds is 2. The minimum atomic E-state index is -0.924. The molecule has 1 aliphatic rings. The van der Waals surface area contributed by atoms with E-state index in [9.17, 15) is 13.6 Å². The smallest absolute Gasteiger partial charge is 0.227 e. The summed E-state index contributed by atoms with van der Waals surface area (Å²) in [5, 5.41) is 3.27. The van der Waals surface area contributed by atoms with Crippen LogP contribution >= 0.6 is 12.4 Å². The first kappa shape index (κ1) is 16.9. The molecule has 2 atom stereocenters. The molecule has 1 aromatic carbocycles. The van der Waals surface area contributed by atoms with E-state index >= 15 is 0 Å². The Hall–Kier alpha value is -1.20. The summed E-state index contributed by atoms with van der Waals surface area (Å²) in [7, 11) is 0. The lowest BCUT2D eigenvalue weighted by atomic mass is 10.1. The Morgan fingerprint density at radius 3 is 2.80 bits per heavy atom. The molecule has 6 heteroatoms. The van der Waals surface area contributed by atoms with Crippen molar-refractivity contribution in [2.75, 3.05) is 13.1 Å². The fourth-order valence-corrected chi connectivity index (χ4v) is 2.32. The van der Waals surface area contributed by atoms with Gasteiger partial charge in [-0.3, -0.25) is 4.79 Å². The number of hydrogen-bond acceptors (Lipinski definition) is 2. The quantitative estimate of drug-likeness (QED) is 0.908. The van der Waals surface area contributed by atoms with E-state index in [0.29, 0.717) is 6.54 Å². The van der Waals surface area contributed by atoms with Gasteiger partial charge >= 0.3 is 0 Å². The second-order valence-corrected chi connectivity index (χ2v) is 5.09. The lowest BCUT2D eigenvalue weighted by Crippen LogP contribution is -2.56. The van der Waals surface area contributed by atoms with Gasteiger partial charge in [-0.1, -0.05) is 12.1 Å². The van der Waals surface area contributed by atoms with E-state index in [2.05, 4.69) is 5.32 Å².